The minimum absolute atomic E-state index is 0.195. The lowest BCUT2D eigenvalue weighted by Gasteiger charge is -2.30. The molecule has 0 spiro atoms. The van der Waals surface area contributed by atoms with Crippen LogP contribution in [0.1, 0.15) is 48.7 Å². The molecule has 30 heavy (non-hydrogen) atoms. The second-order valence-electron chi connectivity index (χ2n) is 8.23. The summed E-state index contributed by atoms with van der Waals surface area (Å²) in [6, 6.07) is 3.77. The van der Waals surface area contributed by atoms with E-state index in [0.717, 1.165) is 24.2 Å². The molecule has 0 N–H and O–H groups in total. The highest BCUT2D eigenvalue weighted by molar-refractivity contribution is 7.89. The molecule has 3 aromatic heterocycles. The Morgan fingerprint density at radius 2 is 1.93 bits per heavy atom. The fourth-order valence-electron chi connectivity index (χ4n) is 4.03. The first kappa shape index (κ1) is 19.5. The van der Waals surface area contributed by atoms with Crippen molar-refractivity contribution >= 4 is 15.7 Å². The number of sulfonamides is 1. The van der Waals surface area contributed by atoms with Crippen molar-refractivity contribution in [2.45, 2.75) is 50.3 Å². The van der Waals surface area contributed by atoms with Gasteiger partial charge in [0.25, 0.3) is 0 Å². The average Bonchev–Trinajstić information content (AvgIpc) is 3.41. The highest BCUT2D eigenvalue weighted by Gasteiger charge is 2.34. The van der Waals surface area contributed by atoms with Crippen LogP contribution in [0.25, 0.3) is 5.65 Å². The van der Waals surface area contributed by atoms with Gasteiger partial charge in [0.15, 0.2) is 11.4 Å². The predicted molar refractivity (Wildman–Crippen MR) is 108 cm³/mol. The van der Waals surface area contributed by atoms with Crippen molar-refractivity contribution in [3.05, 3.63) is 35.5 Å². The molecule has 0 bridgehead atoms. The third kappa shape index (κ3) is 3.58. The number of hydrogen-bond donors (Lipinski definition) is 0. The van der Waals surface area contributed by atoms with Crippen LogP contribution in [-0.4, -0.2) is 52.2 Å². The van der Waals surface area contributed by atoms with E-state index >= 15 is 0 Å². The Kier molecular flexibility index (Phi) is 4.78. The minimum Gasteiger partial charge on any atom is -0.476 e. The molecule has 160 valence electrons. The normalized spacial score (nSPS) is 18.9. The Morgan fingerprint density at radius 3 is 2.60 bits per heavy atom. The van der Waals surface area contributed by atoms with Crippen molar-refractivity contribution in [3.63, 3.8) is 0 Å². The first-order chi connectivity index (χ1) is 14.4. The lowest BCUT2D eigenvalue weighted by molar-refractivity contribution is 0.179. The lowest BCUT2D eigenvalue weighted by atomic mass is 9.99. The maximum Gasteiger partial charge on any atom is 0.248 e. The van der Waals surface area contributed by atoms with Crippen LogP contribution in [0, 0.1) is 19.8 Å². The van der Waals surface area contributed by atoms with E-state index in [2.05, 4.69) is 15.2 Å². The topological polar surface area (TPSA) is 103 Å². The van der Waals surface area contributed by atoms with Crippen molar-refractivity contribution in [3.8, 4) is 5.88 Å². The van der Waals surface area contributed by atoms with E-state index in [9.17, 15) is 8.42 Å². The van der Waals surface area contributed by atoms with Gasteiger partial charge in [-0.05, 0) is 51.5 Å². The molecule has 0 atom stereocenters. The molecule has 4 heterocycles. The van der Waals surface area contributed by atoms with Gasteiger partial charge in [0.2, 0.25) is 15.9 Å². The zero-order valence-corrected chi connectivity index (χ0v) is 17.9. The Hall–Kier alpha value is -2.46. The molecule has 0 radical (unpaired) electrons. The summed E-state index contributed by atoms with van der Waals surface area (Å²) in [5.74, 6) is 1.77. The number of rotatable bonds is 6. The maximum absolute atomic E-state index is 12.9. The Morgan fingerprint density at radius 1 is 1.17 bits per heavy atom. The van der Waals surface area contributed by atoms with Gasteiger partial charge >= 0.3 is 0 Å². The van der Waals surface area contributed by atoms with E-state index in [4.69, 9.17) is 9.26 Å². The number of aryl methyl sites for hydroxylation is 2. The number of fused-ring (bicyclic) bond motifs is 1. The van der Waals surface area contributed by atoms with Crippen molar-refractivity contribution < 1.29 is 17.7 Å². The number of nitrogens with zero attached hydrogens (tertiary/aromatic N) is 5. The molecule has 9 nitrogen and oxygen atoms in total. The fraction of sp³-hybridized carbons (Fsp3) is 0.550. The molecule has 0 aromatic carbocycles. The summed E-state index contributed by atoms with van der Waals surface area (Å²) in [7, 11) is -3.58. The van der Waals surface area contributed by atoms with Crippen LogP contribution < -0.4 is 4.74 Å². The third-order valence-corrected chi connectivity index (χ3v) is 8.06. The first-order valence-electron chi connectivity index (χ1n) is 10.3. The molecule has 5 rings (SSSR count). The van der Waals surface area contributed by atoms with Gasteiger partial charge in [-0.25, -0.2) is 17.9 Å². The van der Waals surface area contributed by atoms with Gasteiger partial charge in [-0.3, -0.25) is 0 Å². The zero-order valence-electron chi connectivity index (χ0n) is 17.1. The number of piperidine rings is 1. The SMILES string of the molecule is Cc1noc(C)c1S(=O)(=O)N1CCC(COc2ccc3nc(C4CC4)cn3n2)CC1. The molecule has 1 saturated carbocycles. The molecule has 10 heteroatoms. The van der Waals surface area contributed by atoms with E-state index in [-0.39, 0.29) is 10.8 Å². The van der Waals surface area contributed by atoms with Crippen LogP contribution in [-0.2, 0) is 10.0 Å². The summed E-state index contributed by atoms with van der Waals surface area (Å²) >= 11 is 0. The summed E-state index contributed by atoms with van der Waals surface area (Å²) in [6.45, 7) is 4.72. The van der Waals surface area contributed by atoms with Crippen LogP contribution in [0.2, 0.25) is 0 Å². The van der Waals surface area contributed by atoms with E-state index in [1.807, 2.05) is 18.3 Å². The molecule has 0 unspecified atom stereocenters. The monoisotopic (exact) mass is 431 g/mol. The fourth-order valence-corrected chi connectivity index (χ4v) is 5.79. The van der Waals surface area contributed by atoms with Crippen molar-refractivity contribution in [1.82, 2.24) is 24.1 Å². The molecule has 2 fully saturated rings. The van der Waals surface area contributed by atoms with E-state index in [1.54, 1.807) is 18.4 Å². The Balaban J connectivity index is 1.19. The zero-order chi connectivity index (χ0) is 20.9. The number of hydrogen-bond acceptors (Lipinski definition) is 7. The summed E-state index contributed by atoms with van der Waals surface area (Å²) in [5.41, 5.74) is 2.34. The predicted octanol–water partition coefficient (Wildman–Crippen LogP) is 2.69. The van der Waals surface area contributed by atoms with Gasteiger partial charge in [-0.2, -0.15) is 4.31 Å². The van der Waals surface area contributed by atoms with Gasteiger partial charge < -0.3 is 9.26 Å². The average molecular weight is 432 g/mol. The smallest absolute Gasteiger partial charge is 0.248 e. The van der Waals surface area contributed by atoms with Crippen LogP contribution >= 0.6 is 0 Å². The molecule has 1 saturated heterocycles. The largest absolute Gasteiger partial charge is 0.476 e. The minimum atomic E-state index is -3.58. The summed E-state index contributed by atoms with van der Waals surface area (Å²) in [6.07, 6.45) is 5.87. The third-order valence-electron chi connectivity index (χ3n) is 5.92. The standard InChI is InChI=1S/C20H25N5O4S/c1-13-20(14(2)29-23-13)30(26,27)24-9-7-15(8-10-24)12-28-19-6-5-18-21-17(16-3-4-16)11-25(18)22-19/h5-6,11,15-16H,3-4,7-10,12H2,1-2H3. The van der Waals surface area contributed by atoms with E-state index in [1.165, 1.54) is 17.1 Å². The Bertz CT molecular complexity index is 1150. The molecule has 1 aliphatic heterocycles. The quantitative estimate of drug-likeness (QED) is 0.591. The molecular formula is C20H25N5O4S. The second-order valence-corrected chi connectivity index (χ2v) is 10.1. The molecule has 1 aliphatic carbocycles. The number of aromatic nitrogens is 4. The summed E-state index contributed by atoms with van der Waals surface area (Å²) in [5, 5.41) is 8.28. The van der Waals surface area contributed by atoms with Gasteiger partial charge in [0.1, 0.15) is 10.6 Å². The van der Waals surface area contributed by atoms with Gasteiger partial charge in [0.05, 0.1) is 18.5 Å². The number of ether oxygens (including phenoxy) is 1. The van der Waals surface area contributed by atoms with E-state index in [0.29, 0.717) is 42.9 Å². The van der Waals surface area contributed by atoms with Gasteiger partial charge in [-0.15, -0.1) is 5.10 Å². The molecule has 2 aliphatic rings. The maximum atomic E-state index is 12.9. The van der Waals surface area contributed by atoms with Gasteiger partial charge in [-0.1, -0.05) is 5.16 Å². The van der Waals surface area contributed by atoms with Crippen LogP contribution in [0.15, 0.2) is 27.7 Å². The van der Waals surface area contributed by atoms with Crippen LogP contribution in [0.3, 0.4) is 0 Å². The Labute approximate surface area is 175 Å². The second kappa shape index (κ2) is 7.35. The lowest BCUT2D eigenvalue weighted by Crippen LogP contribution is -2.40. The molecule has 3 aromatic rings. The highest BCUT2D eigenvalue weighted by atomic mass is 32.2. The van der Waals surface area contributed by atoms with Crippen molar-refractivity contribution in [1.29, 1.82) is 0 Å². The molecular weight excluding hydrogens is 406 g/mol. The summed E-state index contributed by atoms with van der Waals surface area (Å²) in [4.78, 5) is 4.80. The van der Waals surface area contributed by atoms with E-state index < -0.39 is 10.0 Å². The highest BCUT2D eigenvalue weighted by Crippen LogP contribution is 2.39. The van der Waals surface area contributed by atoms with Crippen molar-refractivity contribution in [2.75, 3.05) is 19.7 Å². The summed E-state index contributed by atoms with van der Waals surface area (Å²) < 4.78 is 40.1. The van der Waals surface area contributed by atoms with Crippen LogP contribution in [0.5, 0.6) is 5.88 Å². The number of imidazole rings is 1. The van der Waals surface area contributed by atoms with Crippen LogP contribution in [0.4, 0.5) is 0 Å². The van der Waals surface area contributed by atoms with Crippen molar-refractivity contribution in [2.24, 2.45) is 5.92 Å². The van der Waals surface area contributed by atoms with Gasteiger partial charge in [0, 0.05) is 25.1 Å². The first-order valence-corrected chi connectivity index (χ1v) is 11.8. The molecule has 0 amide bonds.